The average Bonchev–Trinajstić information content (AvgIpc) is 2.30. The van der Waals surface area contributed by atoms with Gasteiger partial charge >= 0.3 is 0 Å². The van der Waals surface area contributed by atoms with E-state index in [0.29, 0.717) is 5.95 Å². The van der Waals surface area contributed by atoms with Gasteiger partial charge in [-0.25, -0.2) is 9.97 Å². The van der Waals surface area contributed by atoms with Gasteiger partial charge in [0.2, 0.25) is 5.95 Å². The molecule has 88 valence electrons. The predicted octanol–water partition coefficient (Wildman–Crippen LogP) is 3.52. The molecule has 0 saturated carbocycles. The molecular weight excluding hydrogens is 210 g/mol. The van der Waals surface area contributed by atoms with Crippen LogP contribution >= 0.6 is 0 Å². The Morgan fingerprint density at radius 1 is 0.941 bits per heavy atom. The van der Waals surface area contributed by atoms with Crippen molar-refractivity contribution < 1.29 is 0 Å². The van der Waals surface area contributed by atoms with Crippen LogP contribution in [0.25, 0.3) is 0 Å². The van der Waals surface area contributed by atoms with E-state index >= 15 is 0 Å². The predicted molar refractivity (Wildman–Crippen MR) is 70.5 cm³/mol. The molecule has 17 heavy (non-hydrogen) atoms. The van der Waals surface area contributed by atoms with E-state index in [1.165, 1.54) is 5.56 Å². The number of hydrogen-bond donors (Lipinski definition) is 1. The highest BCUT2D eigenvalue weighted by Gasteiger charge is 2.12. The maximum Gasteiger partial charge on any atom is 0.227 e. The van der Waals surface area contributed by atoms with E-state index in [1.54, 1.807) is 18.5 Å². The first kappa shape index (κ1) is 11.6. The Hall–Kier alpha value is -1.90. The molecule has 1 aromatic carbocycles. The summed E-state index contributed by atoms with van der Waals surface area (Å²) in [5.74, 6) is 0.621. The third kappa shape index (κ3) is 3.03. The Bertz CT molecular complexity index is 469. The summed E-state index contributed by atoms with van der Waals surface area (Å²) in [5, 5.41) is 3.16. The topological polar surface area (TPSA) is 37.8 Å². The molecule has 0 aliphatic carbocycles. The van der Waals surface area contributed by atoms with Crippen molar-refractivity contribution in [3.05, 3.63) is 48.3 Å². The average molecular weight is 227 g/mol. The maximum atomic E-state index is 4.12. The summed E-state index contributed by atoms with van der Waals surface area (Å²) in [4.78, 5) is 8.25. The number of nitrogens with zero attached hydrogens (tertiary/aromatic N) is 2. The molecule has 0 aliphatic rings. The highest BCUT2D eigenvalue weighted by Crippen LogP contribution is 2.24. The van der Waals surface area contributed by atoms with E-state index in [2.05, 4.69) is 60.3 Å². The lowest BCUT2D eigenvalue weighted by molar-refractivity contribution is 0.590. The lowest BCUT2D eigenvalue weighted by Gasteiger charge is -2.19. The number of benzene rings is 1. The molecular formula is C14H17N3. The van der Waals surface area contributed by atoms with Crippen LogP contribution in [0.1, 0.15) is 26.3 Å². The fourth-order valence-corrected chi connectivity index (χ4v) is 1.55. The summed E-state index contributed by atoms with van der Waals surface area (Å²) in [6.45, 7) is 6.61. The van der Waals surface area contributed by atoms with Gasteiger partial charge in [-0.15, -0.1) is 0 Å². The smallest absolute Gasteiger partial charge is 0.227 e. The van der Waals surface area contributed by atoms with Crippen LogP contribution in [0.2, 0.25) is 0 Å². The summed E-state index contributed by atoms with van der Waals surface area (Å²) in [6.07, 6.45) is 3.44. The lowest BCUT2D eigenvalue weighted by atomic mass is 9.87. The van der Waals surface area contributed by atoms with Crippen LogP contribution in [0.4, 0.5) is 11.6 Å². The fourth-order valence-electron chi connectivity index (χ4n) is 1.55. The highest BCUT2D eigenvalue weighted by atomic mass is 15.1. The van der Waals surface area contributed by atoms with Crippen LogP contribution in [0, 0.1) is 0 Å². The summed E-state index contributed by atoms with van der Waals surface area (Å²) in [5.41, 5.74) is 2.50. The van der Waals surface area contributed by atoms with Crippen molar-refractivity contribution in [3.8, 4) is 0 Å². The number of aromatic nitrogens is 2. The zero-order valence-electron chi connectivity index (χ0n) is 10.4. The molecule has 0 radical (unpaired) electrons. The molecule has 0 bridgehead atoms. The highest BCUT2D eigenvalue weighted by molar-refractivity contribution is 5.53. The molecule has 0 atom stereocenters. The van der Waals surface area contributed by atoms with Crippen molar-refractivity contribution in [2.75, 3.05) is 5.32 Å². The van der Waals surface area contributed by atoms with Crippen molar-refractivity contribution in [3.63, 3.8) is 0 Å². The van der Waals surface area contributed by atoms with Crippen molar-refractivity contribution in [1.29, 1.82) is 0 Å². The summed E-state index contributed by atoms with van der Waals surface area (Å²) in [6, 6.07) is 10.2. The van der Waals surface area contributed by atoms with Crippen molar-refractivity contribution in [2.24, 2.45) is 0 Å². The summed E-state index contributed by atoms with van der Waals surface area (Å²) < 4.78 is 0. The van der Waals surface area contributed by atoms with Gasteiger partial charge in [0.25, 0.3) is 0 Å². The molecule has 3 heteroatoms. The number of hydrogen-bond acceptors (Lipinski definition) is 3. The second-order valence-corrected chi connectivity index (χ2v) is 5.02. The van der Waals surface area contributed by atoms with E-state index < -0.39 is 0 Å². The Labute approximate surface area is 102 Å². The zero-order valence-corrected chi connectivity index (χ0v) is 10.4. The van der Waals surface area contributed by atoms with Gasteiger partial charge in [-0.1, -0.05) is 32.9 Å². The Balaban J connectivity index is 2.14. The Morgan fingerprint density at radius 2 is 1.53 bits per heavy atom. The molecule has 1 heterocycles. The molecule has 0 unspecified atom stereocenters. The molecule has 2 aromatic rings. The van der Waals surface area contributed by atoms with Gasteiger partial charge in [-0.2, -0.15) is 0 Å². The van der Waals surface area contributed by atoms with Gasteiger partial charge in [0, 0.05) is 18.1 Å². The molecule has 2 rings (SSSR count). The zero-order chi connectivity index (χ0) is 12.3. The minimum atomic E-state index is 0.182. The first-order valence-electron chi connectivity index (χ1n) is 5.70. The number of rotatable bonds is 2. The van der Waals surface area contributed by atoms with Crippen LogP contribution < -0.4 is 5.32 Å². The molecule has 0 fully saturated rings. The maximum absolute atomic E-state index is 4.12. The van der Waals surface area contributed by atoms with Crippen LogP contribution in [-0.2, 0) is 5.41 Å². The quantitative estimate of drug-likeness (QED) is 0.853. The second kappa shape index (κ2) is 4.53. The number of anilines is 2. The third-order valence-electron chi connectivity index (χ3n) is 2.57. The largest absolute Gasteiger partial charge is 0.324 e. The normalized spacial score (nSPS) is 11.2. The molecule has 0 spiro atoms. The van der Waals surface area contributed by atoms with Crippen LogP contribution in [0.5, 0.6) is 0 Å². The Morgan fingerprint density at radius 3 is 2.06 bits per heavy atom. The Kier molecular flexibility index (Phi) is 3.09. The SMILES string of the molecule is CC(C)(C)c1ccc(Nc2ncccn2)cc1. The summed E-state index contributed by atoms with van der Waals surface area (Å²) >= 11 is 0. The van der Waals surface area contributed by atoms with Gasteiger partial charge < -0.3 is 5.32 Å². The van der Waals surface area contributed by atoms with Gasteiger partial charge in [0.1, 0.15) is 0 Å². The molecule has 1 N–H and O–H groups in total. The molecule has 0 amide bonds. The van der Waals surface area contributed by atoms with E-state index in [-0.39, 0.29) is 5.41 Å². The standard InChI is InChI=1S/C14H17N3/c1-14(2,3)11-5-7-12(8-6-11)17-13-15-9-4-10-16-13/h4-10H,1-3H3,(H,15,16,17). The van der Waals surface area contributed by atoms with Gasteiger partial charge in [0.15, 0.2) is 0 Å². The molecule has 0 saturated heterocycles. The lowest BCUT2D eigenvalue weighted by Crippen LogP contribution is -2.10. The van der Waals surface area contributed by atoms with E-state index in [4.69, 9.17) is 0 Å². The van der Waals surface area contributed by atoms with Gasteiger partial charge in [-0.3, -0.25) is 0 Å². The van der Waals surface area contributed by atoms with Gasteiger partial charge in [0.05, 0.1) is 0 Å². The van der Waals surface area contributed by atoms with Crippen molar-refractivity contribution in [2.45, 2.75) is 26.2 Å². The van der Waals surface area contributed by atoms with E-state index in [0.717, 1.165) is 5.69 Å². The summed E-state index contributed by atoms with van der Waals surface area (Å²) in [7, 11) is 0. The molecule has 3 nitrogen and oxygen atoms in total. The van der Waals surface area contributed by atoms with Crippen LogP contribution in [-0.4, -0.2) is 9.97 Å². The fraction of sp³-hybridized carbons (Fsp3) is 0.286. The van der Waals surface area contributed by atoms with Crippen molar-refractivity contribution >= 4 is 11.6 Å². The van der Waals surface area contributed by atoms with E-state index in [9.17, 15) is 0 Å². The second-order valence-electron chi connectivity index (χ2n) is 5.02. The minimum absolute atomic E-state index is 0.182. The van der Waals surface area contributed by atoms with Crippen LogP contribution in [0.15, 0.2) is 42.7 Å². The molecule has 1 aromatic heterocycles. The minimum Gasteiger partial charge on any atom is -0.324 e. The monoisotopic (exact) mass is 227 g/mol. The molecule has 0 aliphatic heterocycles. The van der Waals surface area contributed by atoms with Gasteiger partial charge in [-0.05, 0) is 29.2 Å². The van der Waals surface area contributed by atoms with E-state index in [1.807, 2.05) is 0 Å². The third-order valence-corrected chi connectivity index (χ3v) is 2.57. The first-order valence-corrected chi connectivity index (χ1v) is 5.70. The van der Waals surface area contributed by atoms with Crippen LogP contribution in [0.3, 0.4) is 0 Å². The number of nitrogens with one attached hydrogen (secondary N) is 1. The van der Waals surface area contributed by atoms with Crippen molar-refractivity contribution in [1.82, 2.24) is 9.97 Å². The first-order chi connectivity index (χ1) is 8.05.